The molecule has 0 amide bonds. The van der Waals surface area contributed by atoms with Gasteiger partial charge >= 0.3 is 5.97 Å². The smallest absolute Gasteiger partial charge is 0.325 e. The zero-order valence-corrected chi connectivity index (χ0v) is 10.4. The monoisotopic (exact) mass is 237 g/mol. The van der Waals surface area contributed by atoms with Gasteiger partial charge in [-0.1, -0.05) is 6.42 Å². The second kappa shape index (κ2) is 4.87. The van der Waals surface area contributed by atoms with Crippen LogP contribution in [0.1, 0.15) is 36.6 Å². The molecule has 0 spiro atoms. The molecule has 1 aromatic rings. The van der Waals surface area contributed by atoms with Crippen LogP contribution in [0, 0.1) is 6.92 Å². The van der Waals surface area contributed by atoms with Crippen molar-refractivity contribution in [3.63, 3.8) is 0 Å². The first-order valence-electron chi connectivity index (χ1n) is 6.06. The number of carbonyl (C=O) groups is 1. The van der Waals surface area contributed by atoms with Gasteiger partial charge in [-0.3, -0.25) is 14.4 Å². The largest absolute Gasteiger partial charge is 0.480 e. The van der Waals surface area contributed by atoms with Crippen molar-refractivity contribution in [1.82, 2.24) is 14.7 Å². The normalized spacial score (nSPS) is 19.2. The predicted molar refractivity (Wildman–Crippen MR) is 63.7 cm³/mol. The standard InChI is InChI=1S/C12H19N3O2/c1-9-10(8-14(2)13-9)11(12(16)17)15-6-4-3-5-7-15/h8,11H,3-7H2,1-2H3,(H,16,17). The van der Waals surface area contributed by atoms with Crippen LogP contribution in [0.5, 0.6) is 0 Å². The van der Waals surface area contributed by atoms with E-state index >= 15 is 0 Å². The fraction of sp³-hybridized carbons (Fsp3) is 0.667. The third-order valence-corrected chi connectivity index (χ3v) is 3.34. The number of carboxylic acid groups (broad SMARTS) is 1. The lowest BCUT2D eigenvalue weighted by atomic mass is 10.0. The van der Waals surface area contributed by atoms with Crippen molar-refractivity contribution in [3.05, 3.63) is 17.5 Å². The molecule has 1 fully saturated rings. The van der Waals surface area contributed by atoms with E-state index < -0.39 is 12.0 Å². The minimum atomic E-state index is -0.775. The van der Waals surface area contributed by atoms with Crippen molar-refractivity contribution in [3.8, 4) is 0 Å². The van der Waals surface area contributed by atoms with E-state index in [4.69, 9.17) is 0 Å². The van der Waals surface area contributed by atoms with Crippen LogP contribution in [0.3, 0.4) is 0 Å². The molecule has 1 saturated heterocycles. The van der Waals surface area contributed by atoms with Gasteiger partial charge in [0, 0.05) is 18.8 Å². The molecule has 2 heterocycles. The quantitative estimate of drug-likeness (QED) is 0.862. The Hall–Kier alpha value is -1.36. The van der Waals surface area contributed by atoms with Gasteiger partial charge in [0.1, 0.15) is 6.04 Å². The summed E-state index contributed by atoms with van der Waals surface area (Å²) in [6.07, 6.45) is 5.20. The second-order valence-corrected chi connectivity index (χ2v) is 4.68. The molecule has 5 heteroatoms. The fourth-order valence-electron chi connectivity index (χ4n) is 2.55. The van der Waals surface area contributed by atoms with Crippen molar-refractivity contribution in [2.24, 2.45) is 7.05 Å². The lowest BCUT2D eigenvalue weighted by Crippen LogP contribution is -2.38. The molecule has 1 atom stereocenters. The fourth-order valence-corrected chi connectivity index (χ4v) is 2.55. The lowest BCUT2D eigenvalue weighted by molar-refractivity contribution is -0.144. The molecule has 0 saturated carbocycles. The minimum Gasteiger partial charge on any atom is -0.480 e. The minimum absolute atomic E-state index is 0.538. The number of piperidine rings is 1. The number of likely N-dealkylation sites (tertiary alicyclic amines) is 1. The molecular weight excluding hydrogens is 218 g/mol. The Morgan fingerprint density at radius 1 is 1.41 bits per heavy atom. The maximum atomic E-state index is 11.5. The number of aryl methyl sites for hydroxylation is 2. The molecule has 5 nitrogen and oxygen atoms in total. The van der Waals surface area contributed by atoms with Crippen molar-refractivity contribution in [2.45, 2.75) is 32.2 Å². The van der Waals surface area contributed by atoms with Crippen LogP contribution in [0.15, 0.2) is 6.20 Å². The Morgan fingerprint density at radius 2 is 2.06 bits per heavy atom. The van der Waals surface area contributed by atoms with Gasteiger partial charge in [0.05, 0.1) is 5.69 Å². The molecule has 94 valence electrons. The Kier molecular flexibility index (Phi) is 3.47. The van der Waals surface area contributed by atoms with E-state index in [2.05, 4.69) is 10.00 Å². The average molecular weight is 237 g/mol. The highest BCUT2D eigenvalue weighted by Crippen LogP contribution is 2.26. The van der Waals surface area contributed by atoms with E-state index in [-0.39, 0.29) is 0 Å². The van der Waals surface area contributed by atoms with E-state index in [9.17, 15) is 9.90 Å². The topological polar surface area (TPSA) is 58.4 Å². The van der Waals surface area contributed by atoms with E-state index in [1.54, 1.807) is 4.68 Å². The Labute approximate surface area is 101 Å². The van der Waals surface area contributed by atoms with Gasteiger partial charge in [0.25, 0.3) is 0 Å². The third-order valence-electron chi connectivity index (χ3n) is 3.34. The first-order chi connectivity index (χ1) is 8.09. The molecular formula is C12H19N3O2. The van der Waals surface area contributed by atoms with Gasteiger partial charge < -0.3 is 5.11 Å². The maximum absolute atomic E-state index is 11.5. The molecule has 0 radical (unpaired) electrons. The number of aromatic nitrogens is 2. The summed E-state index contributed by atoms with van der Waals surface area (Å²) in [6.45, 7) is 3.60. The Bertz CT molecular complexity index is 408. The number of nitrogens with zero attached hydrogens (tertiary/aromatic N) is 3. The molecule has 1 N–H and O–H groups in total. The van der Waals surface area contributed by atoms with E-state index in [0.717, 1.165) is 37.2 Å². The van der Waals surface area contributed by atoms with Crippen molar-refractivity contribution < 1.29 is 9.90 Å². The van der Waals surface area contributed by atoms with Crippen molar-refractivity contribution in [1.29, 1.82) is 0 Å². The number of hydrogen-bond acceptors (Lipinski definition) is 3. The molecule has 17 heavy (non-hydrogen) atoms. The van der Waals surface area contributed by atoms with Gasteiger partial charge in [-0.05, 0) is 32.9 Å². The van der Waals surface area contributed by atoms with E-state index in [1.807, 2.05) is 20.2 Å². The van der Waals surface area contributed by atoms with Gasteiger partial charge in [0.15, 0.2) is 0 Å². The summed E-state index contributed by atoms with van der Waals surface area (Å²) < 4.78 is 1.69. The molecule has 0 aliphatic carbocycles. The van der Waals surface area contributed by atoms with Crippen molar-refractivity contribution >= 4 is 5.97 Å². The van der Waals surface area contributed by atoms with Gasteiger partial charge in [-0.15, -0.1) is 0 Å². The van der Waals surface area contributed by atoms with Crippen LogP contribution < -0.4 is 0 Å². The molecule has 1 aromatic heterocycles. The first kappa shape index (κ1) is 12.1. The Balaban J connectivity index is 2.28. The third kappa shape index (κ3) is 2.49. The van der Waals surface area contributed by atoms with Crippen molar-refractivity contribution in [2.75, 3.05) is 13.1 Å². The molecule has 1 aliphatic rings. The summed E-state index contributed by atoms with van der Waals surface area (Å²) in [5.74, 6) is -0.775. The first-order valence-corrected chi connectivity index (χ1v) is 6.06. The SMILES string of the molecule is Cc1nn(C)cc1C(C(=O)O)N1CCCCC1. The van der Waals surface area contributed by atoms with Gasteiger partial charge in [0.2, 0.25) is 0 Å². The van der Waals surface area contributed by atoms with Gasteiger partial charge in [-0.2, -0.15) is 5.10 Å². The van der Waals surface area contributed by atoms with Crippen LogP contribution in [-0.4, -0.2) is 38.8 Å². The highest BCUT2D eigenvalue weighted by Gasteiger charge is 2.30. The van der Waals surface area contributed by atoms with Crippen LogP contribution >= 0.6 is 0 Å². The number of rotatable bonds is 3. The summed E-state index contributed by atoms with van der Waals surface area (Å²) in [7, 11) is 1.83. The lowest BCUT2D eigenvalue weighted by Gasteiger charge is -2.31. The summed E-state index contributed by atoms with van der Waals surface area (Å²) in [5, 5.41) is 13.7. The van der Waals surface area contributed by atoms with Crippen LogP contribution in [-0.2, 0) is 11.8 Å². The van der Waals surface area contributed by atoms with Crippen LogP contribution in [0.2, 0.25) is 0 Å². The summed E-state index contributed by atoms with van der Waals surface area (Å²) in [5.41, 5.74) is 1.63. The predicted octanol–water partition coefficient (Wildman–Crippen LogP) is 1.34. The summed E-state index contributed by atoms with van der Waals surface area (Å²) in [6, 6.07) is -0.538. The molecule has 1 unspecified atom stereocenters. The zero-order valence-electron chi connectivity index (χ0n) is 10.4. The number of aliphatic carboxylic acids is 1. The molecule has 0 aromatic carbocycles. The molecule has 2 rings (SSSR count). The van der Waals surface area contributed by atoms with E-state index in [0.29, 0.717) is 0 Å². The van der Waals surface area contributed by atoms with E-state index in [1.165, 1.54) is 6.42 Å². The van der Waals surface area contributed by atoms with Gasteiger partial charge in [-0.25, -0.2) is 0 Å². The molecule has 0 bridgehead atoms. The highest BCUT2D eigenvalue weighted by atomic mass is 16.4. The summed E-state index contributed by atoms with van der Waals surface area (Å²) >= 11 is 0. The maximum Gasteiger partial charge on any atom is 0.325 e. The average Bonchev–Trinajstić information content (AvgIpc) is 2.59. The number of hydrogen-bond donors (Lipinski definition) is 1. The van der Waals surface area contributed by atoms with Crippen LogP contribution in [0.25, 0.3) is 0 Å². The summed E-state index contributed by atoms with van der Waals surface area (Å²) in [4.78, 5) is 13.5. The molecule has 1 aliphatic heterocycles. The second-order valence-electron chi connectivity index (χ2n) is 4.68. The highest BCUT2D eigenvalue weighted by molar-refractivity contribution is 5.75. The van der Waals surface area contributed by atoms with Crippen LogP contribution in [0.4, 0.5) is 0 Å². The zero-order chi connectivity index (χ0) is 12.4. The number of carboxylic acids is 1. The Morgan fingerprint density at radius 3 is 2.53 bits per heavy atom.